The first-order valence-corrected chi connectivity index (χ1v) is 6.20. The Bertz CT molecular complexity index is 506. The van der Waals surface area contributed by atoms with Gasteiger partial charge in [-0.1, -0.05) is 6.07 Å². The Kier molecular flexibility index (Phi) is 4.63. The van der Waals surface area contributed by atoms with Crippen LogP contribution in [0.25, 0.3) is 0 Å². The molecule has 0 saturated carbocycles. The molecule has 3 N–H and O–H groups in total. The van der Waals surface area contributed by atoms with Crippen molar-refractivity contribution in [2.24, 2.45) is 5.73 Å². The van der Waals surface area contributed by atoms with Crippen molar-refractivity contribution in [1.82, 2.24) is 20.1 Å². The number of nitrogens with zero attached hydrogens (tertiary/aromatic N) is 3. The standard InChI is InChI=1S/C13H17N5O/c14-9-11-3-4-12(16-10-11)13(19)15-5-1-7-18-8-2-6-17-18/h2-4,6,8,10H,1,5,7,9,14H2,(H,15,19). The van der Waals surface area contributed by atoms with Crippen LogP contribution in [-0.4, -0.2) is 27.2 Å². The summed E-state index contributed by atoms with van der Waals surface area (Å²) in [5, 5.41) is 6.92. The summed E-state index contributed by atoms with van der Waals surface area (Å²) >= 11 is 0. The van der Waals surface area contributed by atoms with E-state index in [2.05, 4.69) is 15.4 Å². The molecule has 6 nitrogen and oxygen atoms in total. The molecule has 1 amide bonds. The lowest BCUT2D eigenvalue weighted by atomic mass is 10.2. The number of aryl methyl sites for hydroxylation is 1. The average molecular weight is 259 g/mol. The van der Waals surface area contributed by atoms with E-state index < -0.39 is 0 Å². The fourth-order valence-electron chi connectivity index (χ4n) is 1.65. The number of rotatable bonds is 6. The molecule has 0 fully saturated rings. The van der Waals surface area contributed by atoms with E-state index in [0.29, 0.717) is 18.8 Å². The lowest BCUT2D eigenvalue weighted by Crippen LogP contribution is -2.26. The van der Waals surface area contributed by atoms with Crippen molar-refractivity contribution in [3.63, 3.8) is 0 Å². The van der Waals surface area contributed by atoms with E-state index in [1.807, 2.05) is 23.0 Å². The van der Waals surface area contributed by atoms with Crippen molar-refractivity contribution >= 4 is 5.91 Å². The molecule has 0 saturated heterocycles. The third-order valence-corrected chi connectivity index (χ3v) is 2.70. The van der Waals surface area contributed by atoms with Crippen LogP contribution in [0.2, 0.25) is 0 Å². The Balaban J connectivity index is 1.74. The summed E-state index contributed by atoms with van der Waals surface area (Å²) in [7, 11) is 0. The van der Waals surface area contributed by atoms with Gasteiger partial charge >= 0.3 is 0 Å². The van der Waals surface area contributed by atoms with Crippen molar-refractivity contribution in [3.05, 3.63) is 48.0 Å². The van der Waals surface area contributed by atoms with E-state index in [9.17, 15) is 4.79 Å². The molecule has 0 spiro atoms. The number of amides is 1. The van der Waals surface area contributed by atoms with Crippen LogP contribution in [0.5, 0.6) is 0 Å². The van der Waals surface area contributed by atoms with Crippen LogP contribution < -0.4 is 11.1 Å². The maximum atomic E-state index is 11.8. The number of aromatic nitrogens is 3. The van der Waals surface area contributed by atoms with Gasteiger partial charge in [0, 0.05) is 38.2 Å². The van der Waals surface area contributed by atoms with Crippen LogP contribution in [-0.2, 0) is 13.1 Å². The van der Waals surface area contributed by atoms with Gasteiger partial charge < -0.3 is 11.1 Å². The quantitative estimate of drug-likeness (QED) is 0.742. The van der Waals surface area contributed by atoms with Gasteiger partial charge in [0.25, 0.3) is 5.91 Å². The van der Waals surface area contributed by atoms with Crippen molar-refractivity contribution in [1.29, 1.82) is 0 Å². The molecule has 0 unspecified atom stereocenters. The zero-order chi connectivity index (χ0) is 13.5. The highest BCUT2D eigenvalue weighted by Gasteiger charge is 2.05. The lowest BCUT2D eigenvalue weighted by Gasteiger charge is -2.05. The molecule has 0 aliphatic heterocycles. The summed E-state index contributed by atoms with van der Waals surface area (Å²) in [5.74, 6) is -0.163. The van der Waals surface area contributed by atoms with Crippen molar-refractivity contribution < 1.29 is 4.79 Å². The second-order valence-electron chi connectivity index (χ2n) is 4.13. The average Bonchev–Trinajstić information content (AvgIpc) is 2.96. The van der Waals surface area contributed by atoms with E-state index >= 15 is 0 Å². The normalized spacial score (nSPS) is 10.4. The number of carbonyl (C=O) groups is 1. The molecule has 2 heterocycles. The first kappa shape index (κ1) is 13.2. The maximum Gasteiger partial charge on any atom is 0.269 e. The summed E-state index contributed by atoms with van der Waals surface area (Å²) in [6.07, 6.45) is 6.09. The van der Waals surface area contributed by atoms with E-state index in [4.69, 9.17) is 5.73 Å². The summed E-state index contributed by atoms with van der Waals surface area (Å²) in [6.45, 7) is 1.81. The fourth-order valence-corrected chi connectivity index (χ4v) is 1.65. The molecule has 2 rings (SSSR count). The molecule has 0 radical (unpaired) electrons. The molecule has 0 aliphatic rings. The van der Waals surface area contributed by atoms with Gasteiger partial charge in [-0.05, 0) is 24.1 Å². The van der Waals surface area contributed by atoms with Crippen LogP contribution in [0.1, 0.15) is 22.5 Å². The molecule has 0 atom stereocenters. The minimum Gasteiger partial charge on any atom is -0.351 e. The summed E-state index contributed by atoms with van der Waals surface area (Å²) in [4.78, 5) is 15.8. The van der Waals surface area contributed by atoms with E-state index in [1.54, 1.807) is 18.5 Å². The minimum atomic E-state index is -0.163. The SMILES string of the molecule is NCc1ccc(C(=O)NCCCn2cccn2)nc1. The largest absolute Gasteiger partial charge is 0.351 e. The molecule has 100 valence electrons. The van der Waals surface area contributed by atoms with Gasteiger partial charge in [0.2, 0.25) is 0 Å². The van der Waals surface area contributed by atoms with Gasteiger partial charge in [-0.3, -0.25) is 14.5 Å². The molecule has 19 heavy (non-hydrogen) atoms. The first-order chi connectivity index (χ1) is 9.29. The Hall–Kier alpha value is -2.21. The second-order valence-corrected chi connectivity index (χ2v) is 4.13. The van der Waals surface area contributed by atoms with Crippen molar-refractivity contribution in [2.45, 2.75) is 19.5 Å². The van der Waals surface area contributed by atoms with Gasteiger partial charge in [0.1, 0.15) is 5.69 Å². The van der Waals surface area contributed by atoms with Crippen molar-refractivity contribution in [2.75, 3.05) is 6.54 Å². The summed E-state index contributed by atoms with van der Waals surface area (Å²) < 4.78 is 1.83. The molecule has 0 aliphatic carbocycles. The number of hydrogen-bond donors (Lipinski definition) is 2. The van der Waals surface area contributed by atoms with Gasteiger partial charge in [0.05, 0.1) is 0 Å². The summed E-state index contributed by atoms with van der Waals surface area (Å²) in [6, 6.07) is 5.37. The highest BCUT2D eigenvalue weighted by atomic mass is 16.1. The zero-order valence-corrected chi connectivity index (χ0v) is 10.6. The Morgan fingerprint density at radius 1 is 1.42 bits per heavy atom. The topological polar surface area (TPSA) is 85.8 Å². The molecule has 6 heteroatoms. The minimum absolute atomic E-state index is 0.163. The van der Waals surface area contributed by atoms with Gasteiger partial charge in [-0.15, -0.1) is 0 Å². The molecular weight excluding hydrogens is 242 g/mol. The number of nitrogens with two attached hydrogens (primary N) is 1. The third kappa shape index (κ3) is 3.89. The number of pyridine rings is 1. The lowest BCUT2D eigenvalue weighted by molar-refractivity contribution is 0.0947. The number of carbonyl (C=O) groups excluding carboxylic acids is 1. The van der Waals surface area contributed by atoms with Crippen molar-refractivity contribution in [3.8, 4) is 0 Å². The molecule has 0 aromatic carbocycles. The monoisotopic (exact) mass is 259 g/mol. The second kappa shape index (κ2) is 6.65. The highest BCUT2D eigenvalue weighted by molar-refractivity contribution is 5.92. The molecule has 2 aromatic rings. The zero-order valence-electron chi connectivity index (χ0n) is 10.6. The summed E-state index contributed by atoms with van der Waals surface area (Å²) in [5.41, 5.74) is 6.80. The van der Waals surface area contributed by atoms with Crippen LogP contribution in [0.3, 0.4) is 0 Å². The Labute approximate surface area is 111 Å². The van der Waals surface area contributed by atoms with Crippen LogP contribution >= 0.6 is 0 Å². The van der Waals surface area contributed by atoms with Crippen LogP contribution in [0, 0.1) is 0 Å². The van der Waals surface area contributed by atoms with E-state index in [-0.39, 0.29) is 5.91 Å². The first-order valence-electron chi connectivity index (χ1n) is 6.20. The Morgan fingerprint density at radius 2 is 2.32 bits per heavy atom. The van der Waals surface area contributed by atoms with Gasteiger partial charge in [-0.25, -0.2) is 0 Å². The Morgan fingerprint density at radius 3 is 2.95 bits per heavy atom. The van der Waals surface area contributed by atoms with E-state index in [0.717, 1.165) is 18.5 Å². The predicted molar refractivity (Wildman–Crippen MR) is 71.3 cm³/mol. The third-order valence-electron chi connectivity index (χ3n) is 2.70. The molecule has 0 bridgehead atoms. The predicted octanol–water partition coefficient (Wildman–Crippen LogP) is 0.557. The smallest absolute Gasteiger partial charge is 0.269 e. The molecule has 2 aromatic heterocycles. The fraction of sp³-hybridized carbons (Fsp3) is 0.308. The molecular formula is C13H17N5O. The highest BCUT2D eigenvalue weighted by Crippen LogP contribution is 1.99. The maximum absolute atomic E-state index is 11.8. The van der Waals surface area contributed by atoms with Crippen LogP contribution in [0.15, 0.2) is 36.8 Å². The number of nitrogens with one attached hydrogen (secondary N) is 1. The van der Waals surface area contributed by atoms with Gasteiger partial charge in [0.15, 0.2) is 0 Å². The van der Waals surface area contributed by atoms with E-state index in [1.165, 1.54) is 0 Å². The van der Waals surface area contributed by atoms with Gasteiger partial charge in [-0.2, -0.15) is 5.10 Å². The van der Waals surface area contributed by atoms with Crippen LogP contribution in [0.4, 0.5) is 0 Å². The number of hydrogen-bond acceptors (Lipinski definition) is 4.